The van der Waals surface area contributed by atoms with Crippen LogP contribution < -0.4 is 10.6 Å². The van der Waals surface area contributed by atoms with Crippen molar-refractivity contribution in [3.63, 3.8) is 0 Å². The Hall–Kier alpha value is -1.43. The predicted octanol–water partition coefficient (Wildman–Crippen LogP) is 0.462. The van der Waals surface area contributed by atoms with Crippen molar-refractivity contribution in [1.29, 1.82) is 0 Å². The Morgan fingerprint density at radius 2 is 2.44 bits per heavy atom. The number of nitrogens with zero attached hydrogens (tertiary/aromatic N) is 1. The Morgan fingerprint density at radius 3 is 3.06 bits per heavy atom. The molecule has 2 rings (SSSR count). The van der Waals surface area contributed by atoms with Gasteiger partial charge >= 0.3 is 0 Å². The lowest BCUT2D eigenvalue weighted by molar-refractivity contribution is -0.119. The van der Waals surface area contributed by atoms with Crippen LogP contribution in [0.4, 0.5) is 0 Å². The minimum atomic E-state index is -0.221. The van der Waals surface area contributed by atoms with Gasteiger partial charge in [0.2, 0.25) is 5.91 Å². The highest BCUT2D eigenvalue weighted by Gasteiger charge is 2.23. The highest BCUT2D eigenvalue weighted by Crippen LogP contribution is 2.13. The number of nitrogens with one attached hydrogen (secondary N) is 2. The van der Waals surface area contributed by atoms with Crippen LogP contribution in [0.25, 0.3) is 0 Å². The molecule has 16 heavy (non-hydrogen) atoms. The van der Waals surface area contributed by atoms with Gasteiger partial charge in [-0.2, -0.15) is 0 Å². The number of carbonyl (C=O) groups excluding carboxylic acids is 2. The number of pyridine rings is 1. The summed E-state index contributed by atoms with van der Waals surface area (Å²) in [6.07, 6.45) is 1.94. The van der Waals surface area contributed by atoms with Gasteiger partial charge in [-0.05, 0) is 28.1 Å². The van der Waals surface area contributed by atoms with Gasteiger partial charge in [0.25, 0.3) is 5.91 Å². The molecule has 0 aliphatic carbocycles. The number of carbonyl (C=O) groups is 2. The Labute approximate surface area is 101 Å². The number of hydrogen-bond donors (Lipinski definition) is 2. The first-order valence-corrected chi connectivity index (χ1v) is 5.64. The van der Waals surface area contributed by atoms with Gasteiger partial charge < -0.3 is 10.6 Å². The van der Waals surface area contributed by atoms with E-state index in [9.17, 15) is 9.59 Å². The molecule has 2 amide bonds. The van der Waals surface area contributed by atoms with E-state index >= 15 is 0 Å². The van der Waals surface area contributed by atoms with E-state index in [2.05, 4.69) is 31.5 Å². The van der Waals surface area contributed by atoms with Crippen molar-refractivity contribution in [1.82, 2.24) is 15.6 Å². The molecule has 0 saturated carbocycles. The average molecular weight is 284 g/mol. The van der Waals surface area contributed by atoms with Crippen LogP contribution in [0.15, 0.2) is 22.9 Å². The molecule has 1 unspecified atom stereocenters. The van der Waals surface area contributed by atoms with E-state index in [1.165, 1.54) is 0 Å². The van der Waals surface area contributed by atoms with Gasteiger partial charge in [0.05, 0.1) is 11.6 Å². The lowest BCUT2D eigenvalue weighted by Gasteiger charge is -2.10. The van der Waals surface area contributed by atoms with Gasteiger partial charge in [-0.25, -0.2) is 4.98 Å². The summed E-state index contributed by atoms with van der Waals surface area (Å²) in [5.41, 5.74) is 0.474. The van der Waals surface area contributed by atoms with Crippen LogP contribution in [0.1, 0.15) is 16.8 Å². The quantitative estimate of drug-likeness (QED) is 0.775. The molecule has 1 aliphatic rings. The molecule has 1 saturated heterocycles. The number of amides is 2. The molecule has 2 heterocycles. The van der Waals surface area contributed by atoms with Crippen molar-refractivity contribution in [3.05, 3.63) is 28.5 Å². The molecular weight excluding hydrogens is 274 g/mol. The third kappa shape index (κ3) is 2.38. The second-order valence-electron chi connectivity index (χ2n) is 3.52. The average Bonchev–Trinajstić information content (AvgIpc) is 2.64. The molecule has 1 aromatic rings. The van der Waals surface area contributed by atoms with Crippen LogP contribution in [0.3, 0.4) is 0 Å². The molecule has 0 radical (unpaired) electrons. The minimum absolute atomic E-state index is 0.0319. The van der Waals surface area contributed by atoms with E-state index < -0.39 is 0 Å². The van der Waals surface area contributed by atoms with Gasteiger partial charge in [0.1, 0.15) is 4.60 Å². The van der Waals surface area contributed by atoms with Crippen LogP contribution >= 0.6 is 15.9 Å². The molecule has 6 heteroatoms. The lowest BCUT2D eigenvalue weighted by atomic mass is 10.2. The Bertz CT molecular complexity index is 436. The summed E-state index contributed by atoms with van der Waals surface area (Å²) in [7, 11) is 0. The highest BCUT2D eigenvalue weighted by atomic mass is 79.9. The van der Waals surface area contributed by atoms with Gasteiger partial charge in [-0.3, -0.25) is 9.59 Å². The Morgan fingerprint density at radius 1 is 1.62 bits per heavy atom. The molecule has 1 aromatic heterocycles. The predicted molar refractivity (Wildman–Crippen MR) is 60.8 cm³/mol. The molecular formula is C10H10BrN3O2. The van der Waals surface area contributed by atoms with Gasteiger partial charge in [-0.15, -0.1) is 0 Å². The lowest BCUT2D eigenvalue weighted by Crippen LogP contribution is -2.36. The fraction of sp³-hybridized carbons (Fsp3) is 0.300. The largest absolute Gasteiger partial charge is 0.354 e. The second kappa shape index (κ2) is 4.61. The minimum Gasteiger partial charge on any atom is -0.354 e. The maximum absolute atomic E-state index is 11.8. The summed E-state index contributed by atoms with van der Waals surface area (Å²) in [5, 5.41) is 5.43. The Kier molecular flexibility index (Phi) is 3.19. The molecule has 1 atom stereocenters. The van der Waals surface area contributed by atoms with Crippen molar-refractivity contribution >= 4 is 27.7 Å². The molecule has 0 spiro atoms. The zero-order valence-electron chi connectivity index (χ0n) is 8.37. The highest BCUT2D eigenvalue weighted by molar-refractivity contribution is 9.10. The molecule has 2 N–H and O–H groups in total. The number of hydrogen-bond acceptors (Lipinski definition) is 3. The van der Waals surface area contributed by atoms with Gasteiger partial charge in [0, 0.05) is 19.2 Å². The Balaban J connectivity index is 2.03. The summed E-state index contributed by atoms with van der Waals surface area (Å²) in [4.78, 5) is 26.7. The van der Waals surface area contributed by atoms with E-state index in [-0.39, 0.29) is 17.9 Å². The van der Waals surface area contributed by atoms with Crippen molar-refractivity contribution in [2.75, 3.05) is 6.54 Å². The van der Waals surface area contributed by atoms with Crippen molar-refractivity contribution < 1.29 is 9.59 Å². The van der Waals surface area contributed by atoms with E-state index in [1.807, 2.05) is 0 Å². The fourth-order valence-corrected chi connectivity index (χ4v) is 1.96. The monoisotopic (exact) mass is 283 g/mol. The maximum Gasteiger partial charge on any atom is 0.254 e. The third-order valence-corrected chi connectivity index (χ3v) is 2.95. The first-order chi connectivity index (χ1) is 7.66. The van der Waals surface area contributed by atoms with E-state index in [0.29, 0.717) is 23.1 Å². The summed E-state index contributed by atoms with van der Waals surface area (Å²) < 4.78 is 0.504. The zero-order valence-corrected chi connectivity index (χ0v) is 9.95. The number of halogens is 1. The molecule has 1 aliphatic heterocycles. The van der Waals surface area contributed by atoms with E-state index in [0.717, 1.165) is 0 Å². The standard InChI is InChI=1S/C10H10BrN3O2/c11-9-7(2-1-3-12-9)10(16)14-6-4-8(15)13-5-6/h1-3,6H,4-5H2,(H,13,15)(H,14,16). The molecule has 0 aromatic carbocycles. The van der Waals surface area contributed by atoms with Crippen molar-refractivity contribution in [2.24, 2.45) is 0 Å². The van der Waals surface area contributed by atoms with E-state index in [4.69, 9.17) is 0 Å². The fourth-order valence-electron chi connectivity index (χ4n) is 1.53. The molecule has 1 fully saturated rings. The summed E-state index contributed by atoms with van der Waals surface area (Å²) in [6, 6.07) is 3.24. The molecule has 5 nitrogen and oxygen atoms in total. The smallest absolute Gasteiger partial charge is 0.254 e. The summed E-state index contributed by atoms with van der Waals surface area (Å²) in [5.74, 6) is -0.253. The van der Waals surface area contributed by atoms with Crippen molar-refractivity contribution in [3.8, 4) is 0 Å². The van der Waals surface area contributed by atoms with Crippen LogP contribution in [0.5, 0.6) is 0 Å². The third-order valence-electron chi connectivity index (χ3n) is 2.32. The number of aromatic nitrogens is 1. The normalized spacial score (nSPS) is 19.3. The van der Waals surface area contributed by atoms with Crippen molar-refractivity contribution in [2.45, 2.75) is 12.5 Å². The van der Waals surface area contributed by atoms with Crippen LogP contribution in [-0.4, -0.2) is 29.4 Å². The first kappa shape index (κ1) is 11.1. The maximum atomic E-state index is 11.8. The molecule has 0 bridgehead atoms. The molecule has 84 valence electrons. The van der Waals surface area contributed by atoms with Gasteiger partial charge in [0.15, 0.2) is 0 Å². The SMILES string of the molecule is O=C1CC(NC(=O)c2cccnc2Br)CN1. The number of rotatable bonds is 2. The van der Waals surface area contributed by atoms with E-state index in [1.54, 1.807) is 18.3 Å². The topological polar surface area (TPSA) is 71.1 Å². The zero-order chi connectivity index (χ0) is 11.5. The summed E-state index contributed by atoms with van der Waals surface area (Å²) in [6.45, 7) is 0.489. The van der Waals surface area contributed by atoms with Crippen LogP contribution in [0.2, 0.25) is 0 Å². The summed E-state index contributed by atoms with van der Waals surface area (Å²) >= 11 is 3.20. The second-order valence-corrected chi connectivity index (χ2v) is 4.27. The first-order valence-electron chi connectivity index (χ1n) is 4.85. The van der Waals surface area contributed by atoms with Gasteiger partial charge in [-0.1, -0.05) is 0 Å². The van der Waals surface area contributed by atoms with Crippen LogP contribution in [0, 0.1) is 0 Å². The van der Waals surface area contributed by atoms with Crippen LogP contribution in [-0.2, 0) is 4.79 Å².